The zero-order valence-electron chi connectivity index (χ0n) is 11.3. The Morgan fingerprint density at radius 2 is 2.26 bits per heavy atom. The first-order valence-electron chi connectivity index (χ1n) is 7.15. The Kier molecular flexibility index (Phi) is 3.55. The van der Waals surface area contributed by atoms with Crippen LogP contribution in [0, 0.1) is 0 Å². The Labute approximate surface area is 113 Å². The Morgan fingerprint density at radius 3 is 3.00 bits per heavy atom. The van der Waals surface area contributed by atoms with E-state index in [1.807, 2.05) is 0 Å². The smallest absolute Gasteiger partial charge is 0.254 e. The number of H-pyrrole nitrogens is 1. The molecule has 0 saturated heterocycles. The van der Waals surface area contributed by atoms with Crippen molar-refractivity contribution in [3.05, 3.63) is 17.5 Å². The van der Waals surface area contributed by atoms with Crippen molar-refractivity contribution in [2.75, 3.05) is 7.11 Å². The Bertz CT molecular complexity index is 453. The second kappa shape index (κ2) is 5.33. The zero-order valence-corrected chi connectivity index (χ0v) is 11.3. The number of hydrogen-bond donors (Lipinski definition) is 2. The molecule has 2 atom stereocenters. The summed E-state index contributed by atoms with van der Waals surface area (Å²) in [6.07, 6.45) is 8.44. The van der Waals surface area contributed by atoms with Gasteiger partial charge in [0.15, 0.2) is 0 Å². The lowest BCUT2D eigenvalue weighted by Crippen LogP contribution is -2.40. The van der Waals surface area contributed by atoms with E-state index in [1.165, 1.54) is 0 Å². The second-order valence-electron chi connectivity index (χ2n) is 5.67. The molecule has 2 fully saturated rings. The molecule has 0 spiro atoms. The van der Waals surface area contributed by atoms with E-state index in [2.05, 4.69) is 15.5 Å². The molecule has 104 valence electrons. The minimum Gasteiger partial charge on any atom is -0.381 e. The van der Waals surface area contributed by atoms with Crippen LogP contribution in [0.25, 0.3) is 0 Å². The average molecular weight is 263 g/mol. The zero-order chi connectivity index (χ0) is 13.2. The fourth-order valence-electron chi connectivity index (χ4n) is 2.91. The summed E-state index contributed by atoms with van der Waals surface area (Å²) in [7, 11) is 1.75. The van der Waals surface area contributed by atoms with Crippen LogP contribution in [-0.4, -0.2) is 35.4 Å². The van der Waals surface area contributed by atoms with Crippen molar-refractivity contribution < 1.29 is 9.53 Å². The van der Waals surface area contributed by atoms with Gasteiger partial charge in [0.05, 0.1) is 23.6 Å². The fourth-order valence-corrected chi connectivity index (χ4v) is 2.91. The maximum absolute atomic E-state index is 12.3. The molecule has 5 nitrogen and oxygen atoms in total. The lowest BCUT2D eigenvalue weighted by atomic mass is 9.92. The molecule has 1 aromatic heterocycles. The highest BCUT2D eigenvalue weighted by atomic mass is 16.5. The third-order valence-electron chi connectivity index (χ3n) is 4.19. The molecule has 0 unspecified atom stereocenters. The average Bonchev–Trinajstić information content (AvgIpc) is 3.16. The molecular weight excluding hydrogens is 242 g/mol. The number of rotatable bonds is 4. The normalized spacial score (nSPS) is 27.2. The van der Waals surface area contributed by atoms with Crippen LogP contribution in [0.15, 0.2) is 6.20 Å². The van der Waals surface area contributed by atoms with Crippen LogP contribution in [0.3, 0.4) is 0 Å². The monoisotopic (exact) mass is 263 g/mol. The van der Waals surface area contributed by atoms with Crippen molar-refractivity contribution in [2.24, 2.45) is 0 Å². The molecule has 2 N–H and O–H groups in total. The molecule has 3 rings (SSSR count). The molecule has 1 heterocycles. The molecule has 0 radical (unpaired) electrons. The number of carbonyl (C=O) groups excluding carboxylic acids is 1. The third kappa shape index (κ3) is 2.81. The van der Waals surface area contributed by atoms with Gasteiger partial charge in [-0.2, -0.15) is 5.10 Å². The van der Waals surface area contributed by atoms with E-state index in [1.54, 1.807) is 13.3 Å². The molecule has 2 saturated carbocycles. The van der Waals surface area contributed by atoms with Gasteiger partial charge in [0.1, 0.15) is 0 Å². The number of carbonyl (C=O) groups is 1. The van der Waals surface area contributed by atoms with Crippen molar-refractivity contribution in [3.63, 3.8) is 0 Å². The van der Waals surface area contributed by atoms with Crippen molar-refractivity contribution in [3.8, 4) is 0 Å². The summed E-state index contributed by atoms with van der Waals surface area (Å²) in [6, 6.07) is 0.230. The van der Waals surface area contributed by atoms with E-state index in [0.29, 0.717) is 5.92 Å². The summed E-state index contributed by atoms with van der Waals surface area (Å²) in [5.41, 5.74) is 1.73. The summed E-state index contributed by atoms with van der Waals surface area (Å²) in [4.78, 5) is 12.3. The molecule has 1 aromatic rings. The highest BCUT2D eigenvalue weighted by Crippen LogP contribution is 2.40. The first kappa shape index (κ1) is 12.7. The summed E-state index contributed by atoms with van der Waals surface area (Å²) in [5, 5.41) is 10.1. The van der Waals surface area contributed by atoms with Gasteiger partial charge in [-0.15, -0.1) is 0 Å². The molecule has 5 heteroatoms. The molecule has 2 aliphatic rings. The first-order valence-corrected chi connectivity index (χ1v) is 7.15. The summed E-state index contributed by atoms with van der Waals surface area (Å²) < 4.78 is 5.40. The molecular formula is C14H21N3O2. The van der Waals surface area contributed by atoms with Gasteiger partial charge in [0, 0.05) is 19.1 Å². The van der Waals surface area contributed by atoms with E-state index in [-0.39, 0.29) is 18.1 Å². The van der Waals surface area contributed by atoms with Crippen LogP contribution >= 0.6 is 0 Å². The van der Waals surface area contributed by atoms with Crippen LogP contribution in [0.4, 0.5) is 0 Å². The minimum absolute atomic E-state index is 0.0115. The number of methoxy groups -OCH3 is 1. The number of aromatic amines is 1. The number of nitrogens with zero attached hydrogens (tertiary/aromatic N) is 1. The Morgan fingerprint density at radius 1 is 1.42 bits per heavy atom. The van der Waals surface area contributed by atoms with Gasteiger partial charge in [0.25, 0.3) is 5.91 Å². The van der Waals surface area contributed by atoms with E-state index in [0.717, 1.165) is 49.8 Å². The van der Waals surface area contributed by atoms with Gasteiger partial charge in [-0.25, -0.2) is 0 Å². The number of ether oxygens (including phenoxy) is 1. The largest absolute Gasteiger partial charge is 0.381 e. The SMILES string of the molecule is CO[C@H]1CCC[C@@H](NC(=O)c2cn[nH]c2C2CC2)C1. The maximum atomic E-state index is 12.3. The van der Waals surface area contributed by atoms with Crippen LogP contribution in [0.1, 0.15) is 60.5 Å². The van der Waals surface area contributed by atoms with Crippen LogP contribution in [0.2, 0.25) is 0 Å². The quantitative estimate of drug-likeness (QED) is 0.872. The number of aromatic nitrogens is 2. The first-order chi connectivity index (χ1) is 9.28. The van der Waals surface area contributed by atoms with Gasteiger partial charge in [-0.1, -0.05) is 0 Å². The highest BCUT2D eigenvalue weighted by Gasteiger charge is 2.31. The lowest BCUT2D eigenvalue weighted by Gasteiger charge is -2.28. The predicted octanol–water partition coefficient (Wildman–Crippen LogP) is 1.97. The summed E-state index contributed by atoms with van der Waals surface area (Å²) in [5.74, 6) is 0.527. The van der Waals surface area contributed by atoms with Crippen LogP contribution < -0.4 is 5.32 Å². The summed E-state index contributed by atoms with van der Waals surface area (Å²) in [6.45, 7) is 0. The van der Waals surface area contributed by atoms with Crippen molar-refractivity contribution in [1.29, 1.82) is 0 Å². The van der Waals surface area contributed by atoms with Crippen molar-refractivity contribution in [2.45, 2.75) is 56.6 Å². The second-order valence-corrected chi connectivity index (χ2v) is 5.67. The van der Waals surface area contributed by atoms with E-state index in [4.69, 9.17) is 4.74 Å². The highest BCUT2D eigenvalue weighted by molar-refractivity contribution is 5.95. The van der Waals surface area contributed by atoms with Gasteiger partial charge >= 0.3 is 0 Å². The minimum atomic E-state index is 0.0115. The topological polar surface area (TPSA) is 67.0 Å². The number of nitrogens with one attached hydrogen (secondary N) is 2. The van der Waals surface area contributed by atoms with Gasteiger partial charge in [-0.3, -0.25) is 9.89 Å². The van der Waals surface area contributed by atoms with Crippen molar-refractivity contribution >= 4 is 5.91 Å². The summed E-state index contributed by atoms with van der Waals surface area (Å²) >= 11 is 0. The van der Waals surface area contributed by atoms with Crippen LogP contribution in [0.5, 0.6) is 0 Å². The molecule has 19 heavy (non-hydrogen) atoms. The molecule has 1 amide bonds. The Hall–Kier alpha value is -1.36. The maximum Gasteiger partial charge on any atom is 0.254 e. The van der Waals surface area contributed by atoms with Gasteiger partial charge < -0.3 is 10.1 Å². The van der Waals surface area contributed by atoms with Crippen LogP contribution in [-0.2, 0) is 4.74 Å². The number of hydrogen-bond acceptors (Lipinski definition) is 3. The Balaban J connectivity index is 1.62. The fraction of sp³-hybridized carbons (Fsp3) is 0.714. The molecule has 0 aliphatic heterocycles. The number of amides is 1. The predicted molar refractivity (Wildman–Crippen MR) is 71.1 cm³/mol. The standard InChI is InChI=1S/C14H21N3O2/c1-19-11-4-2-3-10(7-11)16-14(18)12-8-15-17-13(12)9-5-6-9/h8-11H,2-7H2,1H3,(H,15,17)(H,16,18)/t10-,11+/m1/s1. The van der Waals surface area contributed by atoms with Crippen molar-refractivity contribution in [1.82, 2.24) is 15.5 Å². The molecule has 0 bridgehead atoms. The molecule has 2 aliphatic carbocycles. The molecule has 0 aromatic carbocycles. The van der Waals surface area contributed by atoms with E-state index >= 15 is 0 Å². The lowest BCUT2D eigenvalue weighted by molar-refractivity contribution is 0.0562. The van der Waals surface area contributed by atoms with Gasteiger partial charge in [-0.05, 0) is 38.5 Å². The van der Waals surface area contributed by atoms with E-state index in [9.17, 15) is 4.79 Å². The third-order valence-corrected chi connectivity index (χ3v) is 4.19. The van der Waals surface area contributed by atoms with E-state index < -0.39 is 0 Å². The van der Waals surface area contributed by atoms with Gasteiger partial charge in [0.2, 0.25) is 0 Å².